The lowest BCUT2D eigenvalue weighted by Gasteiger charge is -2.24. The van der Waals surface area contributed by atoms with Gasteiger partial charge in [0.15, 0.2) is 17.5 Å². The molecule has 1 heterocycles. The Kier molecular flexibility index (Phi) is 7.86. The van der Waals surface area contributed by atoms with Crippen LogP contribution in [0.2, 0.25) is 0 Å². The van der Waals surface area contributed by atoms with Crippen LogP contribution in [-0.2, 0) is 6.54 Å². The van der Waals surface area contributed by atoms with Crippen molar-refractivity contribution in [3.8, 4) is 17.2 Å². The number of ether oxygens (including phenoxy) is 3. The van der Waals surface area contributed by atoms with Crippen molar-refractivity contribution in [2.24, 2.45) is 4.99 Å². The van der Waals surface area contributed by atoms with Crippen LogP contribution < -0.4 is 24.8 Å². The molecule has 1 saturated carbocycles. The average molecular weight is 405 g/mol. The van der Waals surface area contributed by atoms with E-state index in [1.165, 1.54) is 38.6 Å². The number of benzene rings is 1. The first-order valence-electron chi connectivity index (χ1n) is 10.8. The molecule has 2 aliphatic rings. The number of nitrogens with zero attached hydrogens (tertiary/aromatic N) is 2. The molecule has 1 unspecified atom stereocenters. The Morgan fingerprint density at radius 1 is 1.07 bits per heavy atom. The lowest BCUT2D eigenvalue weighted by atomic mass is 10.1. The summed E-state index contributed by atoms with van der Waals surface area (Å²) in [5.74, 6) is 2.77. The minimum Gasteiger partial charge on any atom is -0.493 e. The molecule has 1 aromatic rings. The Labute approximate surface area is 174 Å². The van der Waals surface area contributed by atoms with E-state index in [0.29, 0.717) is 29.8 Å². The van der Waals surface area contributed by atoms with Crippen molar-refractivity contribution in [3.63, 3.8) is 0 Å². The summed E-state index contributed by atoms with van der Waals surface area (Å²) in [5.41, 5.74) is 0.960. The van der Waals surface area contributed by atoms with Crippen molar-refractivity contribution in [2.45, 2.75) is 57.7 Å². The second-order valence-electron chi connectivity index (χ2n) is 7.75. The largest absolute Gasteiger partial charge is 0.493 e. The number of methoxy groups -OCH3 is 3. The van der Waals surface area contributed by atoms with Crippen LogP contribution in [0.4, 0.5) is 0 Å². The summed E-state index contributed by atoms with van der Waals surface area (Å²) in [6, 6.07) is 5.10. The smallest absolute Gasteiger partial charge is 0.203 e. The Morgan fingerprint density at radius 2 is 1.83 bits per heavy atom. The molecule has 0 aromatic heterocycles. The Balaban J connectivity index is 1.66. The molecular formula is C22H36N4O3. The van der Waals surface area contributed by atoms with Gasteiger partial charge in [0.05, 0.1) is 27.9 Å². The number of likely N-dealkylation sites (tertiary alicyclic amines) is 1. The monoisotopic (exact) mass is 404 g/mol. The van der Waals surface area contributed by atoms with Gasteiger partial charge in [-0.05, 0) is 38.3 Å². The van der Waals surface area contributed by atoms with Crippen LogP contribution in [0.1, 0.15) is 44.6 Å². The third-order valence-electron chi connectivity index (χ3n) is 5.94. The first-order chi connectivity index (χ1) is 14.2. The molecule has 1 saturated heterocycles. The van der Waals surface area contributed by atoms with Crippen molar-refractivity contribution in [1.82, 2.24) is 15.5 Å². The minimum atomic E-state index is 0.445. The summed E-state index contributed by atoms with van der Waals surface area (Å²) in [6.45, 7) is 5.71. The number of hydrogen-bond acceptors (Lipinski definition) is 5. The van der Waals surface area contributed by atoms with E-state index in [1.54, 1.807) is 21.3 Å². The third kappa shape index (κ3) is 5.26. The molecule has 1 aliphatic heterocycles. The van der Waals surface area contributed by atoms with E-state index in [4.69, 9.17) is 19.2 Å². The standard InChI is InChI=1S/C22H36N4O3/c1-5-23-22(25-17-12-13-26(15-17)18-8-6-7-9-18)24-14-16-10-11-19(27-2)21(29-4)20(16)28-3/h10-11,17-18H,5-9,12-15H2,1-4H3,(H2,23,24,25). The number of nitrogens with one attached hydrogen (secondary N) is 2. The second-order valence-corrected chi connectivity index (χ2v) is 7.75. The van der Waals surface area contributed by atoms with E-state index in [2.05, 4.69) is 22.5 Å². The van der Waals surface area contributed by atoms with Crippen molar-refractivity contribution in [1.29, 1.82) is 0 Å². The van der Waals surface area contributed by atoms with Gasteiger partial charge in [-0.3, -0.25) is 4.90 Å². The van der Waals surface area contributed by atoms with Gasteiger partial charge >= 0.3 is 0 Å². The first-order valence-corrected chi connectivity index (χ1v) is 10.8. The van der Waals surface area contributed by atoms with Crippen LogP contribution in [0, 0.1) is 0 Å². The van der Waals surface area contributed by atoms with Gasteiger partial charge < -0.3 is 24.8 Å². The summed E-state index contributed by atoms with van der Waals surface area (Å²) in [5, 5.41) is 7.01. The zero-order valence-corrected chi connectivity index (χ0v) is 18.3. The molecule has 1 atom stereocenters. The maximum atomic E-state index is 5.58. The number of aliphatic imine (C=N–C) groups is 1. The number of guanidine groups is 1. The quantitative estimate of drug-likeness (QED) is 0.513. The molecule has 0 bridgehead atoms. The van der Waals surface area contributed by atoms with Crippen LogP contribution in [0.25, 0.3) is 0 Å². The summed E-state index contributed by atoms with van der Waals surface area (Å²) in [6.07, 6.45) is 6.66. The van der Waals surface area contributed by atoms with Crippen molar-refractivity contribution < 1.29 is 14.2 Å². The zero-order chi connectivity index (χ0) is 20.6. The molecule has 29 heavy (non-hydrogen) atoms. The van der Waals surface area contributed by atoms with Crippen LogP contribution in [-0.4, -0.2) is 63.9 Å². The molecule has 162 valence electrons. The van der Waals surface area contributed by atoms with Gasteiger partial charge in [-0.1, -0.05) is 12.8 Å². The number of hydrogen-bond donors (Lipinski definition) is 2. The Bertz CT molecular complexity index is 689. The molecule has 2 N–H and O–H groups in total. The molecule has 7 heteroatoms. The fraction of sp³-hybridized carbons (Fsp3) is 0.682. The molecule has 0 spiro atoms. The van der Waals surface area contributed by atoms with Gasteiger partial charge in [-0.2, -0.15) is 0 Å². The summed E-state index contributed by atoms with van der Waals surface area (Å²) >= 11 is 0. The summed E-state index contributed by atoms with van der Waals surface area (Å²) in [4.78, 5) is 7.47. The van der Waals surface area contributed by atoms with E-state index in [9.17, 15) is 0 Å². The van der Waals surface area contributed by atoms with E-state index < -0.39 is 0 Å². The van der Waals surface area contributed by atoms with Gasteiger partial charge in [-0.25, -0.2) is 4.99 Å². The van der Waals surface area contributed by atoms with E-state index in [1.807, 2.05) is 12.1 Å². The Hall–Kier alpha value is -2.15. The highest BCUT2D eigenvalue weighted by Crippen LogP contribution is 2.40. The lowest BCUT2D eigenvalue weighted by Crippen LogP contribution is -2.45. The molecule has 3 rings (SSSR count). The van der Waals surface area contributed by atoms with Gasteiger partial charge in [0.25, 0.3) is 0 Å². The molecule has 0 radical (unpaired) electrons. The minimum absolute atomic E-state index is 0.445. The van der Waals surface area contributed by atoms with Gasteiger partial charge in [0, 0.05) is 37.3 Å². The van der Waals surface area contributed by atoms with Crippen molar-refractivity contribution in [2.75, 3.05) is 41.0 Å². The molecular weight excluding hydrogens is 368 g/mol. The highest BCUT2D eigenvalue weighted by molar-refractivity contribution is 5.80. The predicted octanol–water partition coefficient (Wildman–Crippen LogP) is 2.78. The molecule has 1 aliphatic carbocycles. The van der Waals surface area contributed by atoms with Gasteiger partial charge in [0.1, 0.15) is 0 Å². The van der Waals surface area contributed by atoms with Crippen molar-refractivity contribution >= 4 is 5.96 Å². The van der Waals surface area contributed by atoms with E-state index in [0.717, 1.165) is 30.7 Å². The third-order valence-corrected chi connectivity index (χ3v) is 5.94. The van der Waals surface area contributed by atoms with Crippen LogP contribution in [0.5, 0.6) is 17.2 Å². The highest BCUT2D eigenvalue weighted by atomic mass is 16.5. The summed E-state index contributed by atoms with van der Waals surface area (Å²) < 4.78 is 16.4. The lowest BCUT2D eigenvalue weighted by molar-refractivity contribution is 0.242. The number of rotatable bonds is 8. The first kappa shape index (κ1) is 21.6. The molecule has 2 fully saturated rings. The Morgan fingerprint density at radius 3 is 2.48 bits per heavy atom. The van der Waals surface area contributed by atoms with Crippen LogP contribution in [0.15, 0.2) is 17.1 Å². The molecule has 7 nitrogen and oxygen atoms in total. The van der Waals surface area contributed by atoms with E-state index in [-0.39, 0.29) is 0 Å². The normalized spacial score (nSPS) is 20.7. The van der Waals surface area contributed by atoms with Gasteiger partial charge in [-0.15, -0.1) is 0 Å². The van der Waals surface area contributed by atoms with Crippen LogP contribution in [0.3, 0.4) is 0 Å². The zero-order valence-electron chi connectivity index (χ0n) is 18.3. The molecule has 1 aromatic carbocycles. The fourth-order valence-corrected chi connectivity index (χ4v) is 4.47. The summed E-state index contributed by atoms with van der Waals surface area (Å²) in [7, 11) is 4.89. The topological polar surface area (TPSA) is 67.4 Å². The van der Waals surface area contributed by atoms with Gasteiger partial charge in [0.2, 0.25) is 5.75 Å². The maximum Gasteiger partial charge on any atom is 0.203 e. The maximum absolute atomic E-state index is 5.58. The predicted molar refractivity (Wildman–Crippen MR) is 116 cm³/mol. The second kappa shape index (κ2) is 10.6. The van der Waals surface area contributed by atoms with Crippen molar-refractivity contribution in [3.05, 3.63) is 17.7 Å². The molecule has 0 amide bonds. The van der Waals surface area contributed by atoms with E-state index >= 15 is 0 Å². The average Bonchev–Trinajstić information content (AvgIpc) is 3.43. The fourth-order valence-electron chi connectivity index (χ4n) is 4.47. The highest BCUT2D eigenvalue weighted by Gasteiger charge is 2.30. The SMILES string of the molecule is CCNC(=NCc1ccc(OC)c(OC)c1OC)NC1CCN(C2CCCC2)C1. The van der Waals surface area contributed by atoms with Crippen LogP contribution >= 0.6 is 0 Å².